The number of likely N-dealkylation sites (N-methyl/N-ethyl adjacent to an activating group) is 1. The van der Waals surface area contributed by atoms with E-state index in [0.29, 0.717) is 66.5 Å². The molecule has 11 nitrogen and oxygen atoms in total. The normalized spacial score (nSPS) is 16.0. The number of benzene rings is 1. The molecule has 12 heteroatoms. The van der Waals surface area contributed by atoms with Gasteiger partial charge in [-0.25, -0.2) is 17.6 Å². The zero-order valence-electron chi connectivity index (χ0n) is 21.5. The number of hydrogen-bond acceptors (Lipinski definition) is 7. The first-order chi connectivity index (χ1) is 17.8. The molecule has 0 saturated carbocycles. The number of H-pyrrole nitrogens is 1. The summed E-state index contributed by atoms with van der Waals surface area (Å²) < 4.78 is 38.0. The van der Waals surface area contributed by atoms with E-state index in [9.17, 15) is 13.2 Å². The summed E-state index contributed by atoms with van der Waals surface area (Å²) >= 11 is 0. The minimum Gasteiger partial charge on any atom is -0.493 e. The van der Waals surface area contributed by atoms with Gasteiger partial charge in [0.25, 0.3) is 0 Å². The van der Waals surface area contributed by atoms with Crippen molar-refractivity contribution < 1.29 is 13.2 Å². The van der Waals surface area contributed by atoms with Crippen LogP contribution < -0.4 is 10.4 Å². The van der Waals surface area contributed by atoms with Crippen molar-refractivity contribution in [3.8, 4) is 17.0 Å². The van der Waals surface area contributed by atoms with E-state index >= 15 is 0 Å². The highest BCUT2D eigenvalue weighted by Crippen LogP contribution is 2.35. The number of aromatic amines is 1. The average molecular weight is 528 g/mol. The number of rotatable bonds is 8. The standard InChI is InChI=1S/C25H33N7O4S/c1-4-9-31-21-16-20(27-23(21)24-28-26-17-32(24)25(31)33)19-15-18(7-8-22(19)36-14-5-2)37(34,35)30-11-6-10-29(3)12-13-30/h7-8,15-17,27H,4-6,9-14H2,1-3H3. The van der Waals surface area contributed by atoms with E-state index in [1.165, 1.54) is 10.7 Å². The molecular weight excluding hydrogens is 494 g/mol. The molecule has 1 aromatic carbocycles. The molecule has 4 heterocycles. The molecule has 0 aliphatic carbocycles. The average Bonchev–Trinajstić information content (AvgIpc) is 3.49. The molecule has 0 amide bonds. The van der Waals surface area contributed by atoms with Crippen LogP contribution in [0, 0.1) is 0 Å². The molecule has 1 N–H and O–H groups in total. The van der Waals surface area contributed by atoms with Gasteiger partial charge < -0.3 is 14.6 Å². The van der Waals surface area contributed by atoms with Crippen molar-refractivity contribution in [1.29, 1.82) is 0 Å². The summed E-state index contributed by atoms with van der Waals surface area (Å²) in [6.45, 7) is 7.53. The van der Waals surface area contributed by atoms with Crippen LogP contribution in [0.5, 0.6) is 5.75 Å². The third kappa shape index (κ3) is 4.64. The van der Waals surface area contributed by atoms with Gasteiger partial charge in [0.05, 0.1) is 22.7 Å². The molecule has 0 radical (unpaired) electrons. The number of nitrogens with one attached hydrogen (secondary N) is 1. The van der Waals surface area contributed by atoms with Gasteiger partial charge in [-0.15, -0.1) is 10.2 Å². The molecule has 0 atom stereocenters. The highest BCUT2D eigenvalue weighted by atomic mass is 32.2. The Hall–Kier alpha value is -3.22. The Morgan fingerprint density at radius 3 is 2.70 bits per heavy atom. The van der Waals surface area contributed by atoms with Crippen molar-refractivity contribution in [2.75, 3.05) is 39.8 Å². The Bertz CT molecular complexity index is 1590. The van der Waals surface area contributed by atoms with Crippen molar-refractivity contribution in [2.45, 2.75) is 44.6 Å². The van der Waals surface area contributed by atoms with Crippen LogP contribution in [0.2, 0.25) is 0 Å². The van der Waals surface area contributed by atoms with Gasteiger partial charge in [-0.1, -0.05) is 13.8 Å². The lowest BCUT2D eigenvalue weighted by molar-refractivity contribution is 0.318. The molecule has 1 aliphatic heterocycles. The molecular formula is C25H33N7O4S. The summed E-state index contributed by atoms with van der Waals surface area (Å²) in [5.74, 6) is 0.574. The summed E-state index contributed by atoms with van der Waals surface area (Å²) in [5.41, 5.74) is 2.82. The van der Waals surface area contributed by atoms with Gasteiger partial charge >= 0.3 is 5.69 Å². The van der Waals surface area contributed by atoms with Crippen LogP contribution in [0.1, 0.15) is 33.1 Å². The maximum Gasteiger partial charge on any atom is 0.335 e. The maximum atomic E-state index is 13.6. The van der Waals surface area contributed by atoms with Crippen molar-refractivity contribution in [3.63, 3.8) is 0 Å². The molecule has 4 aromatic rings. The largest absolute Gasteiger partial charge is 0.493 e. The zero-order chi connectivity index (χ0) is 26.2. The highest BCUT2D eigenvalue weighted by molar-refractivity contribution is 7.89. The van der Waals surface area contributed by atoms with Gasteiger partial charge in [0.1, 0.15) is 17.6 Å². The first-order valence-corrected chi connectivity index (χ1v) is 14.2. The summed E-state index contributed by atoms with van der Waals surface area (Å²) in [6.07, 6.45) is 3.77. The fourth-order valence-corrected chi connectivity index (χ4v) is 6.32. The van der Waals surface area contributed by atoms with Crippen LogP contribution in [-0.2, 0) is 16.6 Å². The van der Waals surface area contributed by atoms with Gasteiger partial charge in [0, 0.05) is 31.7 Å². The third-order valence-corrected chi connectivity index (χ3v) is 8.66. The van der Waals surface area contributed by atoms with E-state index in [4.69, 9.17) is 4.74 Å². The van der Waals surface area contributed by atoms with Gasteiger partial charge in [-0.05, 0) is 57.1 Å². The monoisotopic (exact) mass is 527 g/mol. The van der Waals surface area contributed by atoms with Gasteiger partial charge in [0.2, 0.25) is 10.0 Å². The zero-order valence-corrected chi connectivity index (χ0v) is 22.3. The molecule has 0 unspecified atom stereocenters. The number of sulfonamides is 1. The lowest BCUT2D eigenvalue weighted by Crippen LogP contribution is -2.34. The Morgan fingerprint density at radius 2 is 1.92 bits per heavy atom. The fourth-order valence-electron chi connectivity index (χ4n) is 4.82. The lowest BCUT2D eigenvalue weighted by Gasteiger charge is -2.21. The predicted molar refractivity (Wildman–Crippen MR) is 141 cm³/mol. The first kappa shape index (κ1) is 25.4. The van der Waals surface area contributed by atoms with Crippen LogP contribution in [0.25, 0.3) is 27.9 Å². The second-order valence-electron chi connectivity index (χ2n) is 9.47. The van der Waals surface area contributed by atoms with Crippen LogP contribution in [0.15, 0.2) is 40.3 Å². The summed E-state index contributed by atoms with van der Waals surface area (Å²) in [4.78, 5) is 18.8. The van der Waals surface area contributed by atoms with E-state index in [0.717, 1.165) is 25.8 Å². The Morgan fingerprint density at radius 1 is 1.08 bits per heavy atom. The number of nitrogens with zero attached hydrogens (tertiary/aromatic N) is 6. The number of ether oxygens (including phenoxy) is 1. The van der Waals surface area contributed by atoms with E-state index in [1.54, 1.807) is 27.1 Å². The van der Waals surface area contributed by atoms with Crippen molar-refractivity contribution in [1.82, 2.24) is 33.4 Å². The molecule has 198 valence electrons. The van der Waals surface area contributed by atoms with Gasteiger partial charge in [-0.3, -0.25) is 4.57 Å². The number of aryl methyl sites for hydroxylation is 1. The van der Waals surface area contributed by atoms with E-state index < -0.39 is 10.0 Å². The minimum atomic E-state index is -3.70. The number of fused-ring (bicyclic) bond motifs is 3. The molecule has 1 aliphatic rings. The van der Waals surface area contributed by atoms with Gasteiger partial charge in [-0.2, -0.15) is 4.31 Å². The van der Waals surface area contributed by atoms with Crippen molar-refractivity contribution in [2.24, 2.45) is 0 Å². The lowest BCUT2D eigenvalue weighted by atomic mass is 10.1. The smallest absolute Gasteiger partial charge is 0.335 e. The summed E-state index contributed by atoms with van der Waals surface area (Å²) in [6, 6.07) is 6.87. The molecule has 3 aromatic heterocycles. The molecule has 0 spiro atoms. The Labute approximate surface area is 215 Å². The molecule has 1 saturated heterocycles. The van der Waals surface area contributed by atoms with Crippen LogP contribution in [-0.4, -0.2) is 81.6 Å². The van der Waals surface area contributed by atoms with E-state index in [-0.39, 0.29) is 10.6 Å². The summed E-state index contributed by atoms with van der Waals surface area (Å²) in [5, 5.41) is 8.08. The topological polar surface area (TPSA) is 118 Å². The second-order valence-corrected chi connectivity index (χ2v) is 11.4. The van der Waals surface area contributed by atoms with Crippen molar-refractivity contribution in [3.05, 3.63) is 41.1 Å². The second kappa shape index (κ2) is 10.3. The van der Waals surface area contributed by atoms with E-state index in [1.807, 2.05) is 27.0 Å². The molecule has 37 heavy (non-hydrogen) atoms. The van der Waals surface area contributed by atoms with Crippen LogP contribution in [0.4, 0.5) is 0 Å². The number of hydrogen-bond donors (Lipinski definition) is 1. The minimum absolute atomic E-state index is 0.216. The van der Waals surface area contributed by atoms with Crippen molar-refractivity contribution >= 4 is 26.7 Å². The van der Waals surface area contributed by atoms with Crippen LogP contribution >= 0.6 is 0 Å². The van der Waals surface area contributed by atoms with Crippen LogP contribution in [0.3, 0.4) is 0 Å². The third-order valence-electron chi connectivity index (χ3n) is 6.76. The molecule has 1 fully saturated rings. The van der Waals surface area contributed by atoms with Gasteiger partial charge in [0.15, 0.2) is 5.65 Å². The quantitative estimate of drug-likeness (QED) is 0.374. The number of aromatic nitrogens is 5. The molecule has 5 rings (SSSR count). The first-order valence-electron chi connectivity index (χ1n) is 12.8. The van der Waals surface area contributed by atoms with E-state index in [2.05, 4.69) is 20.1 Å². The Kier molecular flexibility index (Phi) is 7.06. The molecule has 0 bridgehead atoms. The summed E-state index contributed by atoms with van der Waals surface area (Å²) in [7, 11) is -1.69. The highest BCUT2D eigenvalue weighted by Gasteiger charge is 2.28. The maximum absolute atomic E-state index is 13.6. The SMILES string of the molecule is CCCOc1ccc(S(=O)(=O)N2CCCN(C)CC2)cc1-c1cc2c([nH]1)c1nncn1c(=O)n2CCC. The fraction of sp³-hybridized carbons (Fsp3) is 0.480. The Balaban J connectivity index is 1.66. The predicted octanol–water partition coefficient (Wildman–Crippen LogP) is 2.56.